The molecule has 1 atom stereocenters. The van der Waals surface area contributed by atoms with Crippen molar-refractivity contribution < 1.29 is 5.11 Å². The summed E-state index contributed by atoms with van der Waals surface area (Å²) in [5.74, 6) is 0. The predicted molar refractivity (Wildman–Crippen MR) is 60.0 cm³/mol. The van der Waals surface area contributed by atoms with Gasteiger partial charge in [0.1, 0.15) is 0 Å². The highest BCUT2D eigenvalue weighted by molar-refractivity contribution is 8.13. The lowest BCUT2D eigenvalue weighted by Gasteiger charge is -2.05. The first-order valence-electron chi connectivity index (χ1n) is 3.70. The van der Waals surface area contributed by atoms with Gasteiger partial charge in [0, 0.05) is 12.1 Å². The number of aliphatic hydroxyl groups is 1. The Labute approximate surface area is 83.6 Å². The Morgan fingerprint density at radius 1 is 1.75 bits per heavy atom. The first-order chi connectivity index (χ1) is 5.60. The van der Waals surface area contributed by atoms with Gasteiger partial charge in [-0.25, -0.2) is 0 Å². The summed E-state index contributed by atoms with van der Waals surface area (Å²) in [5, 5.41) is 11.7. The van der Waals surface area contributed by atoms with Gasteiger partial charge in [-0.3, -0.25) is 4.99 Å². The van der Waals surface area contributed by atoms with Crippen LogP contribution in [0.25, 0.3) is 0 Å². The molecule has 0 aliphatic carbocycles. The molecule has 0 spiro atoms. The molecule has 0 aromatic carbocycles. The molecule has 0 aromatic rings. The Morgan fingerprint density at radius 3 is 2.67 bits per heavy atom. The van der Waals surface area contributed by atoms with Gasteiger partial charge >= 0.3 is 0 Å². The maximum absolute atomic E-state index is 9.11. The van der Waals surface area contributed by atoms with E-state index in [1.54, 1.807) is 24.1 Å². The van der Waals surface area contributed by atoms with Crippen LogP contribution in [0.5, 0.6) is 0 Å². The molecule has 2 nitrogen and oxygen atoms in total. The van der Waals surface area contributed by atoms with Crippen LogP contribution in [0.1, 0.15) is 20.3 Å². The van der Waals surface area contributed by atoms with Crippen molar-refractivity contribution in [3.05, 3.63) is 11.1 Å². The highest BCUT2D eigenvalue weighted by atomic mass is 32.2. The number of allylic oxidation sites excluding steroid dienone is 1. The van der Waals surface area contributed by atoms with E-state index in [2.05, 4.69) is 17.6 Å². The molecule has 0 aromatic heterocycles. The Morgan fingerprint density at radius 2 is 2.33 bits per heavy atom. The second kappa shape index (κ2) is 6.57. The second-order valence-corrected chi connectivity index (χ2v) is 3.67. The standard InChI is InChI=1S/C8H15NOS2/c1-6(5-11)9-8(12-3)4-7(2)10/h5,7,10-11H,4H2,1-3H3/b6-5+,9-8?. The van der Waals surface area contributed by atoms with Crippen LogP contribution in [0.15, 0.2) is 16.1 Å². The lowest BCUT2D eigenvalue weighted by Crippen LogP contribution is -2.06. The first kappa shape index (κ1) is 12.1. The van der Waals surface area contributed by atoms with E-state index in [0.29, 0.717) is 6.42 Å². The van der Waals surface area contributed by atoms with Crippen molar-refractivity contribution >= 4 is 29.4 Å². The van der Waals surface area contributed by atoms with Crippen molar-refractivity contribution in [1.82, 2.24) is 0 Å². The molecule has 0 saturated carbocycles. The highest BCUT2D eigenvalue weighted by Gasteiger charge is 2.02. The molecule has 0 rings (SSSR count). The van der Waals surface area contributed by atoms with Gasteiger partial charge in [-0.2, -0.15) is 0 Å². The molecule has 4 heteroatoms. The molecule has 0 aliphatic rings. The first-order valence-corrected chi connectivity index (χ1v) is 5.44. The molecular formula is C8H15NOS2. The zero-order valence-electron chi connectivity index (χ0n) is 7.61. The van der Waals surface area contributed by atoms with Crippen molar-refractivity contribution in [2.75, 3.05) is 6.26 Å². The summed E-state index contributed by atoms with van der Waals surface area (Å²) in [5.41, 5.74) is 0.864. The van der Waals surface area contributed by atoms with Crippen molar-refractivity contribution in [2.45, 2.75) is 26.4 Å². The van der Waals surface area contributed by atoms with Crippen LogP contribution in [0.4, 0.5) is 0 Å². The summed E-state index contributed by atoms with van der Waals surface area (Å²) in [6, 6.07) is 0. The van der Waals surface area contributed by atoms with Gasteiger partial charge in [0.05, 0.1) is 11.1 Å². The van der Waals surface area contributed by atoms with E-state index in [4.69, 9.17) is 5.11 Å². The summed E-state index contributed by atoms with van der Waals surface area (Å²) in [6.45, 7) is 3.64. The Balaban J connectivity index is 4.23. The van der Waals surface area contributed by atoms with Crippen LogP contribution in [-0.2, 0) is 0 Å². The zero-order chi connectivity index (χ0) is 9.56. The van der Waals surface area contributed by atoms with Crippen LogP contribution >= 0.6 is 24.4 Å². The van der Waals surface area contributed by atoms with Crippen LogP contribution < -0.4 is 0 Å². The fourth-order valence-corrected chi connectivity index (χ4v) is 1.35. The Bertz CT molecular complexity index is 187. The Kier molecular flexibility index (Phi) is 6.61. The van der Waals surface area contributed by atoms with Gasteiger partial charge in [0.25, 0.3) is 0 Å². The molecule has 0 aliphatic heterocycles. The van der Waals surface area contributed by atoms with E-state index in [1.165, 1.54) is 0 Å². The van der Waals surface area contributed by atoms with E-state index in [9.17, 15) is 0 Å². The van der Waals surface area contributed by atoms with Crippen LogP contribution in [0, 0.1) is 0 Å². The minimum atomic E-state index is -0.330. The van der Waals surface area contributed by atoms with E-state index in [-0.39, 0.29) is 6.10 Å². The summed E-state index contributed by atoms with van der Waals surface area (Å²) < 4.78 is 0. The third-order valence-corrected chi connectivity index (χ3v) is 2.30. The molecule has 0 heterocycles. The second-order valence-electron chi connectivity index (χ2n) is 2.53. The SMILES string of the molecule is CSC(CC(C)O)=N/C(C)=C/S. The lowest BCUT2D eigenvalue weighted by atomic mass is 10.3. The summed E-state index contributed by atoms with van der Waals surface area (Å²) in [6.07, 6.45) is 2.23. The molecule has 0 bridgehead atoms. The maximum Gasteiger partial charge on any atom is 0.0757 e. The van der Waals surface area contributed by atoms with E-state index >= 15 is 0 Å². The quantitative estimate of drug-likeness (QED) is 0.421. The number of thioether (sulfide) groups is 1. The van der Waals surface area contributed by atoms with Gasteiger partial charge in [0.15, 0.2) is 0 Å². The smallest absolute Gasteiger partial charge is 0.0757 e. The van der Waals surface area contributed by atoms with Crippen molar-refractivity contribution in [3.8, 4) is 0 Å². The predicted octanol–water partition coefficient (Wildman–Crippen LogP) is 2.31. The lowest BCUT2D eigenvalue weighted by molar-refractivity contribution is 0.204. The van der Waals surface area contributed by atoms with Crippen molar-refractivity contribution in [3.63, 3.8) is 0 Å². The maximum atomic E-state index is 9.11. The molecule has 1 N–H and O–H groups in total. The summed E-state index contributed by atoms with van der Waals surface area (Å²) >= 11 is 5.54. The fourth-order valence-electron chi connectivity index (χ4n) is 0.653. The average Bonchev–Trinajstić information content (AvgIpc) is 2.02. The number of aliphatic hydroxyl groups excluding tert-OH is 1. The van der Waals surface area contributed by atoms with E-state index in [1.807, 2.05) is 13.2 Å². The van der Waals surface area contributed by atoms with E-state index in [0.717, 1.165) is 10.7 Å². The molecular weight excluding hydrogens is 190 g/mol. The number of hydrogen-bond acceptors (Lipinski definition) is 4. The van der Waals surface area contributed by atoms with Gasteiger partial charge in [-0.15, -0.1) is 24.4 Å². The molecule has 1 unspecified atom stereocenters. The van der Waals surface area contributed by atoms with Gasteiger partial charge in [-0.05, 0) is 25.5 Å². The van der Waals surface area contributed by atoms with Crippen molar-refractivity contribution in [1.29, 1.82) is 0 Å². The minimum Gasteiger partial charge on any atom is -0.393 e. The van der Waals surface area contributed by atoms with Crippen LogP contribution in [0.2, 0.25) is 0 Å². The third-order valence-electron chi connectivity index (χ3n) is 1.19. The number of nitrogens with zero attached hydrogens (tertiary/aromatic N) is 1. The molecule has 12 heavy (non-hydrogen) atoms. The van der Waals surface area contributed by atoms with Gasteiger partial charge < -0.3 is 5.11 Å². The fraction of sp³-hybridized carbons (Fsp3) is 0.625. The summed E-state index contributed by atoms with van der Waals surface area (Å²) in [4.78, 5) is 4.26. The molecule has 0 saturated heterocycles. The monoisotopic (exact) mass is 205 g/mol. The Hall–Kier alpha value is 0.0700. The summed E-state index contributed by atoms with van der Waals surface area (Å²) in [7, 11) is 0. The normalized spacial score (nSPS) is 16.4. The topological polar surface area (TPSA) is 32.6 Å². The molecule has 0 radical (unpaired) electrons. The number of hydrogen-bond donors (Lipinski definition) is 2. The van der Waals surface area contributed by atoms with Crippen LogP contribution in [0.3, 0.4) is 0 Å². The number of aliphatic imine (C=N–C) groups is 1. The number of thiol groups is 1. The minimum absolute atomic E-state index is 0.330. The highest BCUT2D eigenvalue weighted by Crippen LogP contribution is 2.10. The van der Waals surface area contributed by atoms with Gasteiger partial charge in [0.2, 0.25) is 0 Å². The van der Waals surface area contributed by atoms with Crippen molar-refractivity contribution in [2.24, 2.45) is 4.99 Å². The zero-order valence-corrected chi connectivity index (χ0v) is 9.32. The van der Waals surface area contributed by atoms with E-state index < -0.39 is 0 Å². The molecule has 0 amide bonds. The number of rotatable bonds is 3. The molecule has 0 fully saturated rings. The van der Waals surface area contributed by atoms with Crippen LogP contribution in [-0.4, -0.2) is 22.5 Å². The largest absolute Gasteiger partial charge is 0.393 e. The third kappa shape index (κ3) is 5.69. The average molecular weight is 205 g/mol. The van der Waals surface area contributed by atoms with Gasteiger partial charge in [-0.1, -0.05) is 0 Å². The molecule has 70 valence electrons.